The summed E-state index contributed by atoms with van der Waals surface area (Å²) in [5.41, 5.74) is 4.79. The molecule has 1 aliphatic carbocycles. The van der Waals surface area contributed by atoms with Crippen molar-refractivity contribution < 1.29 is 24.2 Å². The van der Waals surface area contributed by atoms with Crippen LogP contribution < -0.4 is 10.6 Å². The van der Waals surface area contributed by atoms with Gasteiger partial charge in [-0.3, -0.25) is 9.59 Å². The van der Waals surface area contributed by atoms with Crippen molar-refractivity contribution in [3.63, 3.8) is 0 Å². The van der Waals surface area contributed by atoms with Crippen LogP contribution in [0.15, 0.2) is 66.9 Å². The quantitative estimate of drug-likeness (QED) is 0.484. The van der Waals surface area contributed by atoms with E-state index in [-0.39, 0.29) is 19.1 Å². The van der Waals surface area contributed by atoms with Crippen molar-refractivity contribution in [1.82, 2.24) is 20.8 Å². The van der Waals surface area contributed by atoms with E-state index in [0.717, 1.165) is 22.3 Å². The number of carbonyl (C=O) groups is 3. The minimum atomic E-state index is -1.30. The highest BCUT2D eigenvalue weighted by Crippen LogP contribution is 2.44. The number of fused-ring (bicyclic) bond motifs is 3. The Morgan fingerprint density at radius 3 is 2.24 bits per heavy atom. The molecule has 0 aliphatic heterocycles. The number of nitrogens with zero attached hydrogens (tertiary/aromatic N) is 2. The Bertz CT molecular complexity index is 1120. The first kappa shape index (κ1) is 21.9. The van der Waals surface area contributed by atoms with Gasteiger partial charge >= 0.3 is 12.1 Å². The molecule has 1 atom stereocenters. The Labute approximate surface area is 189 Å². The number of carbonyl (C=O) groups excluding carboxylic acids is 2. The van der Waals surface area contributed by atoms with Gasteiger partial charge in [-0.05, 0) is 34.4 Å². The van der Waals surface area contributed by atoms with Gasteiger partial charge in [0, 0.05) is 12.1 Å². The monoisotopic (exact) mass is 446 g/mol. The summed E-state index contributed by atoms with van der Waals surface area (Å²) >= 11 is 0. The summed E-state index contributed by atoms with van der Waals surface area (Å²) < 4.78 is 5.42. The highest BCUT2D eigenvalue weighted by Gasteiger charge is 2.30. The third-order valence-corrected chi connectivity index (χ3v) is 5.40. The minimum absolute atomic E-state index is 0.0508. The zero-order chi connectivity index (χ0) is 23.2. The second-order valence-corrected chi connectivity index (χ2v) is 7.55. The molecule has 0 radical (unpaired) electrons. The number of hydrogen-bond donors (Lipinski definition) is 3. The molecule has 2 aromatic carbocycles. The number of nitrogens with one attached hydrogen (secondary N) is 2. The maximum atomic E-state index is 12.5. The van der Waals surface area contributed by atoms with Crippen molar-refractivity contribution in [2.24, 2.45) is 0 Å². The first-order valence-corrected chi connectivity index (χ1v) is 10.4. The van der Waals surface area contributed by atoms with E-state index in [1.165, 1.54) is 6.20 Å². The first-order chi connectivity index (χ1) is 16.0. The molecule has 1 heterocycles. The van der Waals surface area contributed by atoms with Crippen LogP contribution in [0.5, 0.6) is 0 Å². The lowest BCUT2D eigenvalue weighted by molar-refractivity contribution is -0.139. The third-order valence-electron chi connectivity index (χ3n) is 5.40. The molecule has 0 fully saturated rings. The number of hydrogen-bond acceptors (Lipinski definition) is 6. The normalized spacial score (nSPS) is 12.8. The van der Waals surface area contributed by atoms with Crippen molar-refractivity contribution in [3.8, 4) is 11.1 Å². The summed E-state index contributed by atoms with van der Waals surface area (Å²) in [5, 5.41) is 21.6. The Morgan fingerprint density at radius 1 is 0.970 bits per heavy atom. The number of alkyl carbamates (subject to hydrolysis) is 1. The van der Waals surface area contributed by atoms with Gasteiger partial charge in [0.15, 0.2) is 0 Å². The fraction of sp³-hybridized carbons (Fsp3) is 0.208. The number of carboxylic acid groups (broad SMARTS) is 1. The van der Waals surface area contributed by atoms with Gasteiger partial charge in [0.05, 0.1) is 18.7 Å². The van der Waals surface area contributed by atoms with E-state index in [0.29, 0.717) is 5.69 Å². The molecule has 0 spiro atoms. The lowest BCUT2D eigenvalue weighted by atomic mass is 9.98. The second-order valence-electron chi connectivity index (χ2n) is 7.55. The van der Waals surface area contributed by atoms with E-state index >= 15 is 0 Å². The van der Waals surface area contributed by atoms with Crippen molar-refractivity contribution in [2.45, 2.75) is 24.9 Å². The molecule has 0 saturated carbocycles. The topological polar surface area (TPSA) is 131 Å². The van der Waals surface area contributed by atoms with Crippen molar-refractivity contribution in [2.75, 3.05) is 6.61 Å². The Balaban J connectivity index is 1.39. The van der Waals surface area contributed by atoms with Crippen LogP contribution in [0.2, 0.25) is 0 Å². The van der Waals surface area contributed by atoms with Crippen LogP contribution >= 0.6 is 0 Å². The number of ether oxygens (including phenoxy) is 1. The maximum Gasteiger partial charge on any atom is 0.407 e. The SMILES string of the molecule is O=C(O)CC(NC(=O)OCC1c2ccccc2-c2ccccc21)C(=O)NCc1cccnn1. The van der Waals surface area contributed by atoms with Gasteiger partial charge in [0.1, 0.15) is 12.6 Å². The smallest absolute Gasteiger partial charge is 0.407 e. The highest BCUT2D eigenvalue weighted by atomic mass is 16.5. The fourth-order valence-corrected chi connectivity index (χ4v) is 3.89. The Morgan fingerprint density at radius 2 is 1.64 bits per heavy atom. The minimum Gasteiger partial charge on any atom is -0.481 e. The number of amides is 2. The molecule has 4 rings (SSSR count). The van der Waals surface area contributed by atoms with Crippen LogP contribution in [-0.4, -0.2) is 45.9 Å². The van der Waals surface area contributed by atoms with Crippen LogP contribution in [0.4, 0.5) is 4.79 Å². The zero-order valence-electron chi connectivity index (χ0n) is 17.6. The molecule has 0 saturated heterocycles. The van der Waals surface area contributed by atoms with Crippen LogP contribution in [0, 0.1) is 0 Å². The summed E-state index contributed by atoms with van der Waals surface area (Å²) in [7, 11) is 0. The number of aromatic nitrogens is 2. The van der Waals surface area contributed by atoms with E-state index < -0.39 is 30.4 Å². The zero-order valence-corrected chi connectivity index (χ0v) is 17.6. The molecule has 0 bridgehead atoms. The number of benzene rings is 2. The molecule has 2 amide bonds. The molecule has 168 valence electrons. The lowest BCUT2D eigenvalue weighted by Crippen LogP contribution is -2.48. The van der Waals surface area contributed by atoms with Crippen LogP contribution in [0.3, 0.4) is 0 Å². The van der Waals surface area contributed by atoms with Crippen molar-refractivity contribution in [3.05, 3.63) is 83.7 Å². The van der Waals surface area contributed by atoms with Gasteiger partial charge in [-0.1, -0.05) is 48.5 Å². The highest BCUT2D eigenvalue weighted by molar-refractivity contribution is 5.89. The number of carboxylic acids is 1. The third kappa shape index (κ3) is 5.15. The average molecular weight is 446 g/mol. The van der Waals surface area contributed by atoms with Crippen molar-refractivity contribution >= 4 is 18.0 Å². The molecule has 1 aromatic heterocycles. The summed E-state index contributed by atoms with van der Waals surface area (Å²) in [4.78, 5) is 36.2. The maximum absolute atomic E-state index is 12.5. The molecule has 1 unspecified atom stereocenters. The molecule has 9 heteroatoms. The standard InChI is InChI=1S/C24H22N4O5/c29-22(30)12-21(23(31)25-13-15-6-5-11-26-28-15)27-24(32)33-14-20-18-9-3-1-7-16(18)17-8-2-4-10-19(17)20/h1-11,20-21H,12-14H2,(H,25,31)(H,27,32)(H,29,30). The van der Waals surface area contributed by atoms with E-state index in [4.69, 9.17) is 9.84 Å². The first-order valence-electron chi connectivity index (χ1n) is 10.4. The summed E-state index contributed by atoms with van der Waals surface area (Å²) in [6, 6.07) is 17.9. The van der Waals surface area contributed by atoms with Crippen LogP contribution in [-0.2, 0) is 20.9 Å². The Kier molecular flexibility index (Phi) is 6.58. The predicted molar refractivity (Wildman–Crippen MR) is 118 cm³/mol. The summed E-state index contributed by atoms with van der Waals surface area (Å²) in [6.07, 6.45) is 0.0473. The summed E-state index contributed by atoms with van der Waals surface area (Å²) in [5.74, 6) is -2.03. The van der Waals surface area contributed by atoms with E-state index in [1.807, 2.05) is 48.5 Å². The van der Waals surface area contributed by atoms with Gasteiger partial charge < -0.3 is 20.5 Å². The van der Waals surface area contributed by atoms with E-state index in [2.05, 4.69) is 20.8 Å². The number of aliphatic carboxylic acids is 1. The lowest BCUT2D eigenvalue weighted by Gasteiger charge is -2.18. The average Bonchev–Trinajstić information content (AvgIpc) is 3.15. The van der Waals surface area contributed by atoms with Gasteiger partial charge in [0.25, 0.3) is 0 Å². The van der Waals surface area contributed by atoms with Crippen LogP contribution in [0.1, 0.15) is 29.2 Å². The fourth-order valence-electron chi connectivity index (χ4n) is 3.89. The van der Waals surface area contributed by atoms with E-state index in [9.17, 15) is 14.4 Å². The van der Waals surface area contributed by atoms with Gasteiger partial charge in [0.2, 0.25) is 5.91 Å². The molecule has 3 N–H and O–H groups in total. The van der Waals surface area contributed by atoms with Crippen LogP contribution in [0.25, 0.3) is 11.1 Å². The molecular formula is C24H22N4O5. The van der Waals surface area contributed by atoms with Gasteiger partial charge in [-0.2, -0.15) is 10.2 Å². The molecule has 33 heavy (non-hydrogen) atoms. The van der Waals surface area contributed by atoms with Gasteiger partial charge in [-0.15, -0.1) is 0 Å². The second kappa shape index (κ2) is 9.90. The van der Waals surface area contributed by atoms with Gasteiger partial charge in [-0.25, -0.2) is 4.79 Å². The molecule has 9 nitrogen and oxygen atoms in total. The molecule has 1 aliphatic rings. The van der Waals surface area contributed by atoms with Crippen molar-refractivity contribution in [1.29, 1.82) is 0 Å². The predicted octanol–water partition coefficient (Wildman–Crippen LogP) is 2.47. The molecule has 3 aromatic rings. The van der Waals surface area contributed by atoms with E-state index in [1.54, 1.807) is 12.1 Å². The largest absolute Gasteiger partial charge is 0.481 e. The summed E-state index contributed by atoms with van der Waals surface area (Å²) in [6.45, 7) is 0.107. The Hall–Kier alpha value is -4.27. The molecular weight excluding hydrogens is 424 g/mol. The number of rotatable bonds is 8.